The Morgan fingerprint density at radius 2 is 1.92 bits per heavy atom. The van der Waals surface area contributed by atoms with Crippen molar-refractivity contribution in [3.63, 3.8) is 0 Å². The van der Waals surface area contributed by atoms with Crippen molar-refractivity contribution in [2.75, 3.05) is 0 Å². The van der Waals surface area contributed by atoms with E-state index in [1.165, 1.54) is 0 Å². The Labute approximate surface area is 73.2 Å². The molecule has 0 aliphatic heterocycles. The van der Waals surface area contributed by atoms with Gasteiger partial charge in [-0.15, -0.1) is 0 Å². The first-order valence-electron chi connectivity index (χ1n) is 2.89. The van der Waals surface area contributed by atoms with Crippen LogP contribution in [-0.4, -0.2) is 36.1 Å². The molecule has 0 spiro atoms. The van der Waals surface area contributed by atoms with Crippen molar-refractivity contribution in [3.05, 3.63) is 0 Å². The first kappa shape index (κ1) is 11.8. The first-order valence-corrected chi connectivity index (χ1v) is 4.25. The Hall–Kier alpha value is -1.19. The molecule has 4 N–H and O–H groups in total. The zero-order valence-corrected chi connectivity index (χ0v) is 7.02. The lowest BCUT2D eigenvalue weighted by Gasteiger charge is -2.07. The lowest BCUT2D eigenvalue weighted by atomic mass is 10.2. The van der Waals surface area contributed by atoms with Gasteiger partial charge in [-0.1, -0.05) is 0 Å². The number of nitrogens with two attached hydrogens (primary N) is 1. The zero-order chi connectivity index (χ0) is 10.6. The van der Waals surface area contributed by atoms with Crippen LogP contribution in [0.5, 0.6) is 0 Å². The molecular formula is C4H7NO7S. The van der Waals surface area contributed by atoms with Gasteiger partial charge in [0.25, 0.3) is 0 Å². The number of hydrogen-bond donors (Lipinski definition) is 3. The molecule has 0 radical (unpaired) electrons. The van der Waals surface area contributed by atoms with Gasteiger partial charge >= 0.3 is 16.4 Å². The second-order valence-electron chi connectivity index (χ2n) is 2.02. The molecule has 0 aromatic rings. The maximum absolute atomic E-state index is 10.2. The number of carbonyl (C=O) groups excluding carboxylic acids is 1. The van der Waals surface area contributed by atoms with Gasteiger partial charge in [0, 0.05) is 0 Å². The SMILES string of the molecule is NC(=O)C[C@@H](OS(=O)(=O)O)C(=O)O. The van der Waals surface area contributed by atoms with Gasteiger partial charge in [0.05, 0.1) is 6.42 Å². The molecule has 1 amide bonds. The molecule has 0 fully saturated rings. The second-order valence-corrected chi connectivity index (χ2v) is 3.07. The third-order valence-electron chi connectivity index (χ3n) is 0.900. The van der Waals surface area contributed by atoms with E-state index in [4.69, 9.17) is 9.66 Å². The largest absolute Gasteiger partial charge is 0.479 e. The highest BCUT2D eigenvalue weighted by Crippen LogP contribution is 2.02. The summed E-state index contributed by atoms with van der Waals surface area (Å²) >= 11 is 0. The van der Waals surface area contributed by atoms with Crippen LogP contribution in [-0.2, 0) is 24.2 Å². The van der Waals surface area contributed by atoms with Crippen molar-refractivity contribution in [1.82, 2.24) is 0 Å². The number of carboxylic acid groups (broad SMARTS) is 1. The van der Waals surface area contributed by atoms with Gasteiger partial charge < -0.3 is 10.8 Å². The molecule has 0 saturated carbocycles. The molecule has 0 rings (SSSR count). The maximum Gasteiger partial charge on any atom is 0.398 e. The minimum Gasteiger partial charge on any atom is -0.479 e. The maximum atomic E-state index is 10.2. The smallest absolute Gasteiger partial charge is 0.398 e. The third kappa shape index (κ3) is 6.02. The summed E-state index contributed by atoms with van der Waals surface area (Å²) in [4.78, 5) is 20.4. The van der Waals surface area contributed by atoms with Crippen LogP contribution >= 0.6 is 0 Å². The van der Waals surface area contributed by atoms with E-state index in [0.29, 0.717) is 0 Å². The Kier molecular flexibility index (Phi) is 3.78. The molecule has 1 atom stereocenters. The van der Waals surface area contributed by atoms with E-state index in [1.807, 2.05) is 0 Å². The van der Waals surface area contributed by atoms with Crippen LogP contribution < -0.4 is 5.73 Å². The van der Waals surface area contributed by atoms with Gasteiger partial charge in [0.2, 0.25) is 5.91 Å². The molecule has 0 unspecified atom stereocenters. The number of hydrogen-bond acceptors (Lipinski definition) is 5. The topological polar surface area (TPSA) is 144 Å². The molecule has 13 heavy (non-hydrogen) atoms. The van der Waals surface area contributed by atoms with E-state index in [2.05, 4.69) is 9.92 Å². The van der Waals surface area contributed by atoms with Crippen molar-refractivity contribution in [3.8, 4) is 0 Å². The molecule has 8 nitrogen and oxygen atoms in total. The molecule has 0 aromatic heterocycles. The van der Waals surface area contributed by atoms with E-state index < -0.39 is 34.8 Å². The fourth-order valence-electron chi connectivity index (χ4n) is 0.492. The highest BCUT2D eigenvalue weighted by molar-refractivity contribution is 7.80. The summed E-state index contributed by atoms with van der Waals surface area (Å²) in [6.45, 7) is 0. The van der Waals surface area contributed by atoms with Crippen molar-refractivity contribution in [1.29, 1.82) is 0 Å². The Morgan fingerprint density at radius 1 is 1.46 bits per heavy atom. The Bertz CT molecular complexity index is 306. The molecule has 0 aromatic carbocycles. The number of amides is 1. The van der Waals surface area contributed by atoms with Gasteiger partial charge in [-0.25, -0.2) is 8.98 Å². The molecule has 0 saturated heterocycles. The van der Waals surface area contributed by atoms with Crippen LogP contribution in [0.15, 0.2) is 0 Å². The van der Waals surface area contributed by atoms with Crippen LogP contribution in [0.25, 0.3) is 0 Å². The lowest BCUT2D eigenvalue weighted by molar-refractivity contribution is -0.147. The fourth-order valence-corrected chi connectivity index (χ4v) is 0.936. The Balaban J connectivity index is 4.45. The van der Waals surface area contributed by atoms with Crippen molar-refractivity contribution in [2.24, 2.45) is 5.73 Å². The normalized spacial score (nSPS) is 13.6. The number of carboxylic acids is 1. The van der Waals surface area contributed by atoms with Crippen molar-refractivity contribution < 1.29 is 31.8 Å². The molecule has 0 bridgehead atoms. The van der Waals surface area contributed by atoms with Gasteiger partial charge in [0.1, 0.15) is 0 Å². The van der Waals surface area contributed by atoms with Gasteiger partial charge in [-0.3, -0.25) is 9.35 Å². The van der Waals surface area contributed by atoms with Crippen molar-refractivity contribution >= 4 is 22.3 Å². The summed E-state index contributed by atoms with van der Waals surface area (Å²) in [5.74, 6) is -2.77. The van der Waals surface area contributed by atoms with E-state index in [0.717, 1.165) is 0 Å². The van der Waals surface area contributed by atoms with E-state index >= 15 is 0 Å². The summed E-state index contributed by atoms with van der Waals surface area (Å²) in [5.41, 5.74) is 4.59. The summed E-state index contributed by atoms with van der Waals surface area (Å²) in [6, 6.07) is 0. The summed E-state index contributed by atoms with van der Waals surface area (Å²) in [7, 11) is -4.90. The van der Waals surface area contributed by atoms with Crippen LogP contribution in [0.2, 0.25) is 0 Å². The predicted octanol–water partition coefficient (Wildman–Crippen LogP) is -1.87. The molecule has 0 aliphatic rings. The standard InChI is InChI=1S/C4H7NO7S/c5-3(6)1-2(4(7)8)12-13(9,10)11/h2H,1H2,(H2,5,6)(H,7,8)(H,9,10,11)/t2-/m1/s1. The fraction of sp³-hybridized carbons (Fsp3) is 0.500. The summed E-state index contributed by atoms with van der Waals surface area (Å²) in [6.07, 6.45) is -2.83. The molecule has 0 heterocycles. The van der Waals surface area contributed by atoms with Crippen LogP contribution in [0.4, 0.5) is 0 Å². The minimum absolute atomic E-state index is 0.838. The van der Waals surface area contributed by atoms with Crippen molar-refractivity contribution in [2.45, 2.75) is 12.5 Å². The van der Waals surface area contributed by atoms with Crippen LogP contribution in [0, 0.1) is 0 Å². The van der Waals surface area contributed by atoms with Gasteiger partial charge in [-0.05, 0) is 0 Å². The minimum atomic E-state index is -4.90. The number of rotatable bonds is 5. The average Bonchev–Trinajstić information content (AvgIpc) is 1.81. The summed E-state index contributed by atoms with van der Waals surface area (Å²) in [5, 5.41) is 8.28. The van der Waals surface area contributed by atoms with Crippen LogP contribution in [0.3, 0.4) is 0 Å². The average molecular weight is 213 g/mol. The third-order valence-corrected chi connectivity index (χ3v) is 1.38. The lowest BCUT2D eigenvalue weighted by Crippen LogP contribution is -2.31. The Morgan fingerprint density at radius 3 is 2.15 bits per heavy atom. The van der Waals surface area contributed by atoms with E-state index in [-0.39, 0.29) is 0 Å². The van der Waals surface area contributed by atoms with Gasteiger partial charge in [-0.2, -0.15) is 8.42 Å². The highest BCUT2D eigenvalue weighted by Gasteiger charge is 2.26. The number of aliphatic carboxylic acids is 1. The quantitative estimate of drug-likeness (QED) is 0.454. The van der Waals surface area contributed by atoms with E-state index in [9.17, 15) is 18.0 Å². The monoisotopic (exact) mass is 213 g/mol. The summed E-state index contributed by atoms with van der Waals surface area (Å²) < 4.78 is 31.8. The number of carbonyl (C=O) groups is 2. The molecule has 76 valence electrons. The first-order chi connectivity index (χ1) is 5.72. The number of primary amides is 1. The molecule has 9 heteroatoms. The highest BCUT2D eigenvalue weighted by atomic mass is 32.3. The molecular weight excluding hydrogens is 206 g/mol. The predicted molar refractivity (Wildman–Crippen MR) is 37.9 cm³/mol. The van der Waals surface area contributed by atoms with Crippen LogP contribution in [0.1, 0.15) is 6.42 Å². The molecule has 0 aliphatic carbocycles. The zero-order valence-electron chi connectivity index (χ0n) is 6.21. The van der Waals surface area contributed by atoms with E-state index in [1.54, 1.807) is 0 Å². The van der Waals surface area contributed by atoms with Gasteiger partial charge in [0.15, 0.2) is 6.10 Å². The second kappa shape index (κ2) is 4.16.